The smallest absolute Gasteiger partial charge is 0.166 e. The molecule has 0 spiro atoms. The van der Waals surface area contributed by atoms with Crippen LogP contribution in [0.5, 0.6) is 5.75 Å². The van der Waals surface area contributed by atoms with Gasteiger partial charge in [-0.1, -0.05) is 23.8 Å². The molecule has 4 heterocycles. The van der Waals surface area contributed by atoms with E-state index >= 15 is 0 Å². The predicted molar refractivity (Wildman–Crippen MR) is 116 cm³/mol. The van der Waals surface area contributed by atoms with Gasteiger partial charge in [0.2, 0.25) is 0 Å². The van der Waals surface area contributed by atoms with Crippen molar-refractivity contribution >= 4 is 5.82 Å². The summed E-state index contributed by atoms with van der Waals surface area (Å²) in [5.41, 5.74) is 14.7. The Morgan fingerprint density at radius 1 is 1.13 bits per heavy atom. The van der Waals surface area contributed by atoms with E-state index in [1.807, 2.05) is 28.7 Å². The Morgan fingerprint density at radius 2 is 2.00 bits per heavy atom. The second-order valence-corrected chi connectivity index (χ2v) is 7.74. The summed E-state index contributed by atoms with van der Waals surface area (Å²) in [6, 6.07) is 8.35. The zero-order chi connectivity index (χ0) is 20.8. The molecule has 0 fully saturated rings. The molecule has 0 atom stereocenters. The average Bonchev–Trinajstić information content (AvgIpc) is 3.30. The van der Waals surface area contributed by atoms with Crippen LogP contribution < -0.4 is 10.5 Å². The van der Waals surface area contributed by atoms with Crippen molar-refractivity contribution in [1.29, 1.82) is 0 Å². The number of pyridine rings is 1. The van der Waals surface area contributed by atoms with Gasteiger partial charge >= 0.3 is 0 Å². The number of rotatable bonds is 1. The minimum atomic E-state index is 0.382. The summed E-state index contributed by atoms with van der Waals surface area (Å²) in [5, 5.41) is 9.40. The number of benzene rings is 1. The van der Waals surface area contributed by atoms with Crippen molar-refractivity contribution in [3.63, 3.8) is 0 Å². The van der Waals surface area contributed by atoms with Crippen LogP contribution in [0, 0.1) is 6.92 Å². The summed E-state index contributed by atoms with van der Waals surface area (Å²) in [4.78, 5) is 4.40. The van der Waals surface area contributed by atoms with Gasteiger partial charge in [-0.25, -0.2) is 4.98 Å². The summed E-state index contributed by atoms with van der Waals surface area (Å²) >= 11 is 0. The van der Waals surface area contributed by atoms with Crippen molar-refractivity contribution < 1.29 is 4.74 Å². The number of aryl methyl sites for hydroxylation is 3. The summed E-state index contributed by atoms with van der Waals surface area (Å²) in [5.74, 6) is 0.962. The Morgan fingerprint density at radius 3 is 2.83 bits per heavy atom. The molecule has 152 valence electrons. The Balaban J connectivity index is 1.78. The molecule has 7 heteroatoms. The van der Waals surface area contributed by atoms with E-state index in [1.165, 1.54) is 5.56 Å². The normalized spacial score (nSPS) is 12.8. The van der Waals surface area contributed by atoms with Crippen molar-refractivity contribution in [2.24, 2.45) is 7.05 Å². The number of aromatic nitrogens is 5. The quantitative estimate of drug-likeness (QED) is 0.526. The van der Waals surface area contributed by atoms with Crippen molar-refractivity contribution in [3.8, 4) is 28.3 Å². The maximum Gasteiger partial charge on any atom is 0.166 e. The number of nitrogens with zero attached hydrogens (tertiary/aromatic N) is 5. The number of anilines is 1. The first-order valence-corrected chi connectivity index (χ1v) is 10.1. The van der Waals surface area contributed by atoms with Crippen LogP contribution in [0.1, 0.15) is 29.2 Å². The third kappa shape index (κ3) is 3.03. The van der Waals surface area contributed by atoms with Crippen LogP contribution in [-0.4, -0.2) is 24.5 Å². The van der Waals surface area contributed by atoms with Gasteiger partial charge in [0.05, 0.1) is 17.6 Å². The minimum Gasteiger partial charge on any atom is -0.485 e. The second-order valence-electron chi connectivity index (χ2n) is 7.74. The molecule has 1 aliphatic rings. The summed E-state index contributed by atoms with van der Waals surface area (Å²) in [6.45, 7) is 5.32. The lowest BCUT2D eigenvalue weighted by Gasteiger charge is -2.16. The van der Waals surface area contributed by atoms with Gasteiger partial charge in [0.25, 0.3) is 0 Å². The molecular formula is C23H24N6O. The van der Waals surface area contributed by atoms with E-state index in [4.69, 9.17) is 15.6 Å². The molecule has 1 aliphatic heterocycles. The van der Waals surface area contributed by atoms with Crippen LogP contribution in [0.3, 0.4) is 0 Å². The molecule has 0 unspecified atom stereocenters. The van der Waals surface area contributed by atoms with E-state index < -0.39 is 0 Å². The lowest BCUT2D eigenvalue weighted by molar-refractivity contribution is 0.307. The van der Waals surface area contributed by atoms with Gasteiger partial charge in [-0.05, 0) is 25.5 Å². The first-order chi connectivity index (χ1) is 14.5. The van der Waals surface area contributed by atoms with Crippen LogP contribution in [0.15, 0.2) is 42.9 Å². The molecule has 1 aromatic carbocycles. The number of nitrogen functional groups attached to an aromatic ring is 1. The van der Waals surface area contributed by atoms with Crippen molar-refractivity contribution in [3.05, 3.63) is 65.1 Å². The fraction of sp³-hybridized carbons (Fsp3) is 0.261. The number of hydrogen-bond acceptors (Lipinski definition) is 5. The third-order valence-corrected chi connectivity index (χ3v) is 5.55. The first-order valence-electron chi connectivity index (χ1n) is 10.1. The number of fused-ring (bicyclic) bond motifs is 7. The molecule has 2 bridgehead atoms. The van der Waals surface area contributed by atoms with Crippen LogP contribution in [0.4, 0.5) is 5.82 Å². The SMILES string of the molecule is CCn1ncc2c1-c1cnc(N)c(c1)OCc1cc(C)ccc1-c1nn(C)cc1C2. The largest absolute Gasteiger partial charge is 0.485 e. The lowest BCUT2D eigenvalue weighted by atomic mass is 9.96. The average molecular weight is 400 g/mol. The van der Waals surface area contributed by atoms with Crippen LogP contribution in [0.25, 0.3) is 22.5 Å². The second kappa shape index (κ2) is 7.02. The van der Waals surface area contributed by atoms with Gasteiger partial charge in [0.15, 0.2) is 11.6 Å². The van der Waals surface area contributed by atoms with E-state index in [-0.39, 0.29) is 0 Å². The van der Waals surface area contributed by atoms with Crippen molar-refractivity contribution in [1.82, 2.24) is 24.5 Å². The number of hydrogen-bond donors (Lipinski definition) is 1. The maximum atomic E-state index is 6.17. The predicted octanol–water partition coefficient (Wildman–Crippen LogP) is 3.74. The third-order valence-electron chi connectivity index (χ3n) is 5.55. The zero-order valence-corrected chi connectivity index (χ0v) is 17.4. The van der Waals surface area contributed by atoms with E-state index in [9.17, 15) is 0 Å². The Bertz CT molecular complexity index is 1250. The van der Waals surface area contributed by atoms with Crippen LogP contribution >= 0.6 is 0 Å². The van der Waals surface area contributed by atoms with Gasteiger partial charge in [-0.2, -0.15) is 10.2 Å². The van der Waals surface area contributed by atoms with Crippen molar-refractivity contribution in [2.75, 3.05) is 5.73 Å². The van der Waals surface area contributed by atoms with Crippen LogP contribution in [-0.2, 0) is 26.6 Å². The van der Waals surface area contributed by atoms with E-state index in [0.29, 0.717) is 18.2 Å². The molecule has 7 nitrogen and oxygen atoms in total. The highest BCUT2D eigenvalue weighted by Gasteiger charge is 2.21. The van der Waals surface area contributed by atoms with Gasteiger partial charge < -0.3 is 10.5 Å². The molecule has 4 aromatic rings. The highest BCUT2D eigenvalue weighted by atomic mass is 16.5. The highest BCUT2D eigenvalue weighted by Crippen LogP contribution is 2.35. The van der Waals surface area contributed by atoms with Crippen LogP contribution in [0.2, 0.25) is 0 Å². The molecule has 0 saturated carbocycles. The van der Waals surface area contributed by atoms with Gasteiger partial charge in [0, 0.05) is 54.7 Å². The van der Waals surface area contributed by atoms with Gasteiger partial charge in [0.1, 0.15) is 6.61 Å². The topological polar surface area (TPSA) is 83.8 Å². The lowest BCUT2D eigenvalue weighted by Crippen LogP contribution is -2.06. The van der Waals surface area contributed by atoms with E-state index in [0.717, 1.165) is 52.2 Å². The summed E-state index contributed by atoms with van der Waals surface area (Å²) in [6.07, 6.45) is 6.55. The van der Waals surface area contributed by atoms with E-state index in [1.54, 1.807) is 6.20 Å². The molecule has 0 aliphatic carbocycles. The summed E-state index contributed by atoms with van der Waals surface area (Å²) < 4.78 is 10.0. The van der Waals surface area contributed by atoms with E-state index in [2.05, 4.69) is 48.3 Å². The Labute approximate surface area is 175 Å². The first kappa shape index (κ1) is 18.4. The maximum absolute atomic E-state index is 6.17. The monoisotopic (exact) mass is 400 g/mol. The highest BCUT2D eigenvalue weighted by molar-refractivity contribution is 5.71. The Kier molecular flexibility index (Phi) is 4.31. The van der Waals surface area contributed by atoms with Gasteiger partial charge in [-0.3, -0.25) is 9.36 Å². The molecule has 0 amide bonds. The minimum absolute atomic E-state index is 0.382. The molecular weight excluding hydrogens is 376 g/mol. The zero-order valence-electron chi connectivity index (χ0n) is 17.4. The fourth-order valence-electron chi connectivity index (χ4n) is 4.16. The number of ether oxygens (including phenoxy) is 1. The van der Waals surface area contributed by atoms with Crippen molar-refractivity contribution in [2.45, 2.75) is 33.4 Å². The number of nitrogens with two attached hydrogens (primary N) is 1. The standard InChI is InChI=1S/C23H24N6O/c1-4-29-22-15(11-26-29)8-17-12-28(3)27-21(17)19-6-5-14(2)7-18(19)13-30-20-9-16(22)10-25-23(20)24/h5-7,9-12H,4,8,13H2,1-3H3,(H2,24,25). The molecule has 5 rings (SSSR count). The molecule has 0 radical (unpaired) electrons. The fourth-order valence-corrected chi connectivity index (χ4v) is 4.16. The molecule has 2 N–H and O–H groups in total. The Hall–Kier alpha value is -3.61. The molecule has 3 aromatic heterocycles. The molecule has 30 heavy (non-hydrogen) atoms. The molecule has 0 saturated heterocycles. The van der Waals surface area contributed by atoms with Gasteiger partial charge in [-0.15, -0.1) is 0 Å². The summed E-state index contributed by atoms with van der Waals surface area (Å²) in [7, 11) is 1.96.